The molecule has 0 unspecified atom stereocenters. The second kappa shape index (κ2) is 5.75. The first-order chi connectivity index (χ1) is 9.13. The topological polar surface area (TPSA) is 85.7 Å². The van der Waals surface area contributed by atoms with Crippen molar-refractivity contribution in [2.24, 2.45) is 10.9 Å². The van der Waals surface area contributed by atoms with Crippen molar-refractivity contribution in [3.8, 4) is 5.75 Å². The first-order valence-corrected chi connectivity index (χ1v) is 6.26. The Labute approximate surface area is 118 Å². The van der Waals surface area contributed by atoms with Crippen LogP contribution >= 0.6 is 15.9 Å². The van der Waals surface area contributed by atoms with Crippen LogP contribution in [0, 0.1) is 0 Å². The Balaban J connectivity index is 2.29. The Morgan fingerprint density at radius 2 is 2.37 bits per heavy atom. The van der Waals surface area contributed by atoms with Gasteiger partial charge < -0.3 is 15.7 Å². The highest BCUT2D eigenvalue weighted by atomic mass is 79.9. The molecule has 1 heterocycles. The van der Waals surface area contributed by atoms with Gasteiger partial charge in [-0.3, -0.25) is 4.68 Å². The lowest BCUT2D eigenvalue weighted by Gasteiger charge is -2.09. The first kappa shape index (κ1) is 13.4. The van der Waals surface area contributed by atoms with Gasteiger partial charge in [0.15, 0.2) is 5.84 Å². The van der Waals surface area contributed by atoms with E-state index in [0.717, 1.165) is 10.0 Å². The van der Waals surface area contributed by atoms with E-state index in [-0.39, 0.29) is 5.84 Å². The van der Waals surface area contributed by atoms with Crippen molar-refractivity contribution in [2.45, 2.75) is 6.54 Å². The van der Waals surface area contributed by atoms with E-state index in [4.69, 9.17) is 15.7 Å². The molecule has 0 radical (unpaired) electrons. The highest BCUT2D eigenvalue weighted by Crippen LogP contribution is 2.21. The quantitative estimate of drug-likeness (QED) is 0.388. The van der Waals surface area contributed by atoms with Crippen LogP contribution in [0.5, 0.6) is 5.75 Å². The van der Waals surface area contributed by atoms with Crippen LogP contribution in [0.1, 0.15) is 11.1 Å². The molecule has 0 aliphatic rings. The number of methoxy groups -OCH3 is 1. The summed E-state index contributed by atoms with van der Waals surface area (Å²) >= 11 is 3.35. The molecule has 1 aromatic carbocycles. The van der Waals surface area contributed by atoms with Crippen LogP contribution < -0.4 is 10.5 Å². The second-order valence-electron chi connectivity index (χ2n) is 3.88. The Morgan fingerprint density at radius 1 is 1.58 bits per heavy atom. The van der Waals surface area contributed by atoms with E-state index in [1.807, 2.05) is 18.3 Å². The normalized spacial score (nSPS) is 11.6. The molecule has 0 aliphatic heterocycles. The fraction of sp³-hybridized carbons (Fsp3) is 0.167. The Bertz CT molecular complexity index is 610. The van der Waals surface area contributed by atoms with Gasteiger partial charge in [0.2, 0.25) is 0 Å². The van der Waals surface area contributed by atoms with E-state index in [1.54, 1.807) is 16.9 Å². The zero-order valence-electron chi connectivity index (χ0n) is 10.2. The highest BCUT2D eigenvalue weighted by Gasteiger charge is 2.09. The number of ether oxygens (including phenoxy) is 1. The minimum atomic E-state index is 0.0187. The largest absolute Gasteiger partial charge is 0.496 e. The predicted molar refractivity (Wildman–Crippen MR) is 74.5 cm³/mol. The molecule has 100 valence electrons. The van der Waals surface area contributed by atoms with Gasteiger partial charge in [-0.25, -0.2) is 0 Å². The number of amidine groups is 1. The molecule has 3 N–H and O–H groups in total. The number of nitrogens with two attached hydrogens (primary N) is 1. The lowest BCUT2D eigenvalue weighted by atomic mass is 10.1. The van der Waals surface area contributed by atoms with Gasteiger partial charge in [-0.05, 0) is 33.6 Å². The van der Waals surface area contributed by atoms with Crippen molar-refractivity contribution in [1.82, 2.24) is 9.78 Å². The molecule has 6 nitrogen and oxygen atoms in total. The number of rotatable bonds is 4. The molecular formula is C12H13BrN4O2. The van der Waals surface area contributed by atoms with E-state index >= 15 is 0 Å². The van der Waals surface area contributed by atoms with Crippen LogP contribution in [-0.2, 0) is 6.54 Å². The lowest BCUT2D eigenvalue weighted by Crippen LogP contribution is -2.14. The third-order valence-electron chi connectivity index (χ3n) is 2.60. The maximum absolute atomic E-state index is 8.70. The summed E-state index contributed by atoms with van der Waals surface area (Å²) in [5.41, 5.74) is 7.13. The molecule has 0 saturated heterocycles. The number of hydrogen-bond donors (Lipinski definition) is 2. The molecule has 0 atom stereocenters. The first-order valence-electron chi connectivity index (χ1n) is 5.47. The summed E-state index contributed by atoms with van der Waals surface area (Å²) in [6.07, 6.45) is 3.60. The van der Waals surface area contributed by atoms with Crippen molar-refractivity contribution in [2.75, 3.05) is 7.11 Å². The van der Waals surface area contributed by atoms with Crippen LogP contribution in [-0.4, -0.2) is 27.9 Å². The second-order valence-corrected chi connectivity index (χ2v) is 4.79. The summed E-state index contributed by atoms with van der Waals surface area (Å²) in [6, 6.07) is 5.47. The van der Waals surface area contributed by atoms with Gasteiger partial charge >= 0.3 is 0 Å². The van der Waals surface area contributed by atoms with Crippen molar-refractivity contribution < 1.29 is 9.94 Å². The average molecular weight is 325 g/mol. The molecule has 19 heavy (non-hydrogen) atoms. The number of benzene rings is 1. The lowest BCUT2D eigenvalue weighted by molar-refractivity contribution is 0.318. The molecule has 7 heteroatoms. The third-order valence-corrected chi connectivity index (χ3v) is 3.01. The molecule has 0 aliphatic carbocycles. The van der Waals surface area contributed by atoms with Crippen LogP contribution in [0.25, 0.3) is 0 Å². The Morgan fingerprint density at radius 3 is 2.95 bits per heavy atom. The van der Waals surface area contributed by atoms with E-state index in [1.165, 1.54) is 7.11 Å². The molecule has 0 fully saturated rings. The monoisotopic (exact) mass is 324 g/mol. The Kier molecular flexibility index (Phi) is 4.06. The Hall–Kier alpha value is -2.02. The smallest absolute Gasteiger partial charge is 0.173 e. The van der Waals surface area contributed by atoms with E-state index in [9.17, 15) is 0 Å². The average Bonchev–Trinajstić information content (AvgIpc) is 2.83. The molecule has 0 amide bonds. The summed E-state index contributed by atoms with van der Waals surface area (Å²) < 4.78 is 7.96. The van der Waals surface area contributed by atoms with E-state index in [2.05, 4.69) is 26.2 Å². The summed E-state index contributed by atoms with van der Waals surface area (Å²) in [5, 5.41) is 15.9. The summed E-state index contributed by atoms with van der Waals surface area (Å²) in [4.78, 5) is 0. The van der Waals surface area contributed by atoms with Crippen molar-refractivity contribution in [3.63, 3.8) is 0 Å². The van der Waals surface area contributed by atoms with Crippen LogP contribution in [0.3, 0.4) is 0 Å². The van der Waals surface area contributed by atoms with Gasteiger partial charge in [-0.15, -0.1) is 0 Å². The zero-order valence-corrected chi connectivity index (χ0v) is 11.8. The fourth-order valence-corrected chi connectivity index (χ4v) is 2.04. The van der Waals surface area contributed by atoms with Crippen LogP contribution in [0.4, 0.5) is 0 Å². The van der Waals surface area contributed by atoms with Gasteiger partial charge in [0.1, 0.15) is 5.75 Å². The molecule has 2 aromatic rings. The molecule has 2 rings (SSSR count). The minimum absolute atomic E-state index is 0.0187. The van der Waals surface area contributed by atoms with Gasteiger partial charge in [-0.1, -0.05) is 11.2 Å². The number of hydrogen-bond acceptors (Lipinski definition) is 4. The van der Waals surface area contributed by atoms with Gasteiger partial charge in [0.25, 0.3) is 0 Å². The molecule has 1 aromatic heterocycles. The maximum Gasteiger partial charge on any atom is 0.173 e. The van der Waals surface area contributed by atoms with Crippen molar-refractivity contribution >= 4 is 21.8 Å². The van der Waals surface area contributed by atoms with E-state index in [0.29, 0.717) is 17.9 Å². The fourth-order valence-electron chi connectivity index (χ4n) is 1.71. The summed E-state index contributed by atoms with van der Waals surface area (Å²) in [5.74, 6) is 0.573. The van der Waals surface area contributed by atoms with Gasteiger partial charge in [0.05, 0.1) is 29.9 Å². The zero-order chi connectivity index (χ0) is 13.8. The molecular weight excluding hydrogens is 312 g/mol. The maximum atomic E-state index is 8.70. The summed E-state index contributed by atoms with van der Waals surface area (Å²) in [7, 11) is 1.54. The van der Waals surface area contributed by atoms with Crippen LogP contribution in [0.2, 0.25) is 0 Å². The number of halogens is 1. The molecule has 0 spiro atoms. The van der Waals surface area contributed by atoms with E-state index < -0.39 is 0 Å². The standard InChI is InChI=1S/C12H13BrN4O2/c1-19-11-4-8(2-3-10(11)12(14)16-18)6-17-7-9(13)5-15-17/h2-5,7,18H,6H2,1H3,(H2,14,16). The third kappa shape index (κ3) is 3.05. The van der Waals surface area contributed by atoms with Crippen molar-refractivity contribution in [3.05, 3.63) is 46.2 Å². The SMILES string of the molecule is COc1cc(Cn2cc(Br)cn2)ccc1/C(N)=N/O. The summed E-state index contributed by atoms with van der Waals surface area (Å²) in [6.45, 7) is 0.610. The molecule has 0 bridgehead atoms. The van der Waals surface area contributed by atoms with Gasteiger partial charge in [0, 0.05) is 6.20 Å². The predicted octanol–water partition coefficient (Wildman–Crippen LogP) is 1.80. The minimum Gasteiger partial charge on any atom is -0.496 e. The van der Waals surface area contributed by atoms with Crippen molar-refractivity contribution in [1.29, 1.82) is 0 Å². The number of nitrogens with zero attached hydrogens (tertiary/aromatic N) is 3. The molecule has 0 saturated carbocycles. The highest BCUT2D eigenvalue weighted by molar-refractivity contribution is 9.10. The number of oxime groups is 1. The number of aromatic nitrogens is 2. The van der Waals surface area contributed by atoms with Gasteiger partial charge in [-0.2, -0.15) is 5.10 Å². The van der Waals surface area contributed by atoms with Crippen LogP contribution in [0.15, 0.2) is 40.2 Å².